The Morgan fingerprint density at radius 3 is 2.86 bits per heavy atom. The van der Waals surface area contributed by atoms with Gasteiger partial charge in [-0.3, -0.25) is 9.59 Å². The molecule has 0 radical (unpaired) electrons. The molecule has 0 unspecified atom stereocenters. The van der Waals surface area contributed by atoms with Gasteiger partial charge in [-0.1, -0.05) is 48.2 Å². The van der Waals surface area contributed by atoms with E-state index in [4.69, 9.17) is 21.7 Å². The van der Waals surface area contributed by atoms with Gasteiger partial charge in [0.1, 0.15) is 22.4 Å². The number of nitrogens with zero attached hydrogens (tertiary/aromatic N) is 1. The van der Waals surface area contributed by atoms with Gasteiger partial charge in [0.05, 0.1) is 17.1 Å². The number of hydrogen-bond acceptors (Lipinski definition) is 6. The normalized spacial score (nSPS) is 17.1. The Hall–Kier alpha value is -2.84. The molecule has 1 fully saturated rings. The molecule has 0 aliphatic carbocycles. The van der Waals surface area contributed by atoms with Crippen molar-refractivity contribution in [2.75, 3.05) is 24.7 Å². The minimum Gasteiger partial charge on any atom is -0.490 e. The Kier molecular flexibility index (Phi) is 5.31. The number of hydrogen-bond donors (Lipinski definition) is 1. The van der Waals surface area contributed by atoms with Gasteiger partial charge < -0.3 is 19.7 Å². The summed E-state index contributed by atoms with van der Waals surface area (Å²) in [4.78, 5) is 26.8. The van der Waals surface area contributed by atoms with E-state index in [1.54, 1.807) is 29.2 Å². The molecular weight excluding hydrogens is 396 g/mol. The summed E-state index contributed by atoms with van der Waals surface area (Å²) in [7, 11) is 0. The molecule has 2 heterocycles. The number of anilines is 1. The second-order valence-electron chi connectivity index (χ2n) is 6.07. The number of carbonyl (C=O) groups excluding carboxylic acids is 2. The van der Waals surface area contributed by atoms with Crippen molar-refractivity contribution in [3.8, 4) is 11.5 Å². The summed E-state index contributed by atoms with van der Waals surface area (Å²) >= 11 is 6.23. The van der Waals surface area contributed by atoms with Gasteiger partial charge in [0, 0.05) is 0 Å². The number of amides is 2. The fourth-order valence-electron chi connectivity index (χ4n) is 2.90. The van der Waals surface area contributed by atoms with Crippen LogP contribution in [0.2, 0.25) is 0 Å². The first kappa shape index (κ1) is 18.5. The van der Waals surface area contributed by atoms with Crippen LogP contribution in [-0.4, -0.2) is 35.9 Å². The molecule has 6 nitrogen and oxygen atoms in total. The van der Waals surface area contributed by atoms with Crippen molar-refractivity contribution in [3.05, 3.63) is 59.0 Å². The molecular formula is C20H16N2O4S2. The van der Waals surface area contributed by atoms with Crippen LogP contribution in [0.1, 0.15) is 5.56 Å². The number of thioether (sulfide) groups is 1. The van der Waals surface area contributed by atoms with Gasteiger partial charge >= 0.3 is 0 Å². The highest BCUT2D eigenvalue weighted by Gasteiger charge is 2.25. The van der Waals surface area contributed by atoms with Crippen LogP contribution in [-0.2, 0) is 9.59 Å². The number of ether oxygens (including phenoxy) is 2. The third-order valence-corrected chi connectivity index (χ3v) is 5.36. The van der Waals surface area contributed by atoms with Crippen molar-refractivity contribution in [1.29, 1.82) is 0 Å². The second kappa shape index (κ2) is 8.04. The standard InChI is InChI=1S/C20H16N2O4S2/c23-18(12-26-14-4-2-1-3-5-14)22-8-9-25-16-7-6-13(10-15(16)22)11-17-19(24)21-20(27)28-17/h1-7,10-11H,8-9,12H2,(H,21,24,27). The average molecular weight is 412 g/mol. The first-order chi connectivity index (χ1) is 13.6. The Labute approximate surface area is 171 Å². The van der Waals surface area contributed by atoms with E-state index >= 15 is 0 Å². The van der Waals surface area contributed by atoms with E-state index in [2.05, 4.69) is 5.32 Å². The SMILES string of the molecule is O=C1NC(=S)SC1=Cc1ccc2c(c1)N(C(=O)COc1ccccc1)CCO2. The van der Waals surface area contributed by atoms with E-state index in [0.29, 0.717) is 39.6 Å². The predicted molar refractivity (Wildman–Crippen MR) is 113 cm³/mol. The van der Waals surface area contributed by atoms with Gasteiger partial charge in [-0.2, -0.15) is 0 Å². The largest absolute Gasteiger partial charge is 0.490 e. The number of benzene rings is 2. The molecule has 0 atom stereocenters. The van der Waals surface area contributed by atoms with Crippen LogP contribution < -0.4 is 19.7 Å². The number of carbonyl (C=O) groups is 2. The molecule has 1 saturated heterocycles. The lowest BCUT2D eigenvalue weighted by Crippen LogP contribution is -2.40. The van der Waals surface area contributed by atoms with Gasteiger partial charge in [-0.05, 0) is 35.9 Å². The zero-order valence-corrected chi connectivity index (χ0v) is 16.3. The Morgan fingerprint density at radius 1 is 1.29 bits per heavy atom. The van der Waals surface area contributed by atoms with Crippen molar-refractivity contribution in [2.45, 2.75) is 0 Å². The molecule has 0 bridgehead atoms. The molecule has 0 spiro atoms. The maximum atomic E-state index is 12.7. The summed E-state index contributed by atoms with van der Waals surface area (Å²) < 4.78 is 11.7. The van der Waals surface area contributed by atoms with Crippen molar-refractivity contribution in [3.63, 3.8) is 0 Å². The van der Waals surface area contributed by atoms with Crippen LogP contribution in [0.3, 0.4) is 0 Å². The molecule has 2 amide bonds. The molecule has 0 saturated carbocycles. The lowest BCUT2D eigenvalue weighted by atomic mass is 10.1. The Balaban J connectivity index is 1.54. The van der Waals surface area contributed by atoms with Crippen molar-refractivity contribution in [1.82, 2.24) is 5.32 Å². The summed E-state index contributed by atoms with van der Waals surface area (Å²) in [5.74, 6) is 0.893. The third kappa shape index (κ3) is 4.02. The lowest BCUT2D eigenvalue weighted by molar-refractivity contribution is -0.120. The van der Waals surface area contributed by atoms with E-state index in [0.717, 1.165) is 5.56 Å². The molecule has 1 N–H and O–H groups in total. The lowest BCUT2D eigenvalue weighted by Gasteiger charge is -2.29. The van der Waals surface area contributed by atoms with Crippen molar-refractivity contribution in [2.24, 2.45) is 0 Å². The highest BCUT2D eigenvalue weighted by atomic mass is 32.2. The zero-order chi connectivity index (χ0) is 19.5. The molecule has 8 heteroatoms. The maximum Gasteiger partial charge on any atom is 0.265 e. The Bertz CT molecular complexity index is 975. The Morgan fingerprint density at radius 2 is 2.11 bits per heavy atom. The third-order valence-electron chi connectivity index (χ3n) is 4.19. The van der Waals surface area contributed by atoms with Crippen molar-refractivity contribution >= 4 is 51.9 Å². The predicted octanol–water partition coefficient (Wildman–Crippen LogP) is 2.98. The van der Waals surface area contributed by atoms with Gasteiger partial charge in [-0.15, -0.1) is 0 Å². The van der Waals surface area contributed by atoms with Crippen molar-refractivity contribution < 1.29 is 19.1 Å². The number of thiocarbonyl (C=S) groups is 1. The van der Waals surface area contributed by atoms with E-state index < -0.39 is 0 Å². The summed E-state index contributed by atoms with van der Waals surface area (Å²) in [6.45, 7) is 0.779. The molecule has 2 aromatic rings. The molecule has 0 aromatic heterocycles. The molecule has 2 aliphatic rings. The van der Waals surface area contributed by atoms with Crippen LogP contribution in [0, 0.1) is 0 Å². The van der Waals surface area contributed by atoms with Crippen LogP contribution >= 0.6 is 24.0 Å². The summed E-state index contributed by atoms with van der Waals surface area (Å²) in [6.07, 6.45) is 1.75. The minimum atomic E-state index is -0.215. The first-order valence-electron chi connectivity index (χ1n) is 8.60. The maximum absolute atomic E-state index is 12.7. The highest BCUT2D eigenvalue weighted by Crippen LogP contribution is 2.34. The number of nitrogens with one attached hydrogen (secondary N) is 1. The fourth-order valence-corrected chi connectivity index (χ4v) is 3.94. The zero-order valence-electron chi connectivity index (χ0n) is 14.7. The first-order valence-corrected chi connectivity index (χ1v) is 9.82. The van der Waals surface area contributed by atoms with E-state index in [1.165, 1.54) is 11.8 Å². The monoisotopic (exact) mass is 412 g/mol. The van der Waals surface area contributed by atoms with Crippen LogP contribution in [0.15, 0.2) is 53.4 Å². The number of rotatable bonds is 4. The van der Waals surface area contributed by atoms with E-state index in [9.17, 15) is 9.59 Å². The molecule has 28 heavy (non-hydrogen) atoms. The molecule has 142 valence electrons. The van der Waals surface area contributed by atoms with Gasteiger partial charge in [0.25, 0.3) is 11.8 Å². The fraction of sp³-hybridized carbons (Fsp3) is 0.150. The summed E-state index contributed by atoms with van der Waals surface area (Å²) in [5.41, 5.74) is 1.45. The minimum absolute atomic E-state index is 0.0682. The van der Waals surface area contributed by atoms with Gasteiger partial charge in [0.2, 0.25) is 0 Å². The quantitative estimate of drug-likeness (QED) is 0.615. The highest BCUT2D eigenvalue weighted by molar-refractivity contribution is 8.26. The topological polar surface area (TPSA) is 67.9 Å². The van der Waals surface area contributed by atoms with Gasteiger partial charge in [-0.25, -0.2) is 0 Å². The summed E-state index contributed by atoms with van der Waals surface area (Å²) in [5, 5.41) is 2.59. The average Bonchev–Trinajstić information content (AvgIpc) is 3.03. The molecule has 2 aromatic carbocycles. The number of para-hydroxylation sites is 1. The molecule has 2 aliphatic heterocycles. The van der Waals surface area contributed by atoms with E-state index in [-0.39, 0.29) is 18.4 Å². The van der Waals surface area contributed by atoms with Crippen LogP contribution in [0.25, 0.3) is 6.08 Å². The van der Waals surface area contributed by atoms with Crippen LogP contribution in [0.4, 0.5) is 5.69 Å². The van der Waals surface area contributed by atoms with Crippen LogP contribution in [0.5, 0.6) is 11.5 Å². The second-order valence-corrected chi connectivity index (χ2v) is 7.79. The smallest absolute Gasteiger partial charge is 0.265 e. The van der Waals surface area contributed by atoms with E-state index in [1.807, 2.05) is 30.3 Å². The number of fused-ring (bicyclic) bond motifs is 1. The summed E-state index contributed by atoms with van der Waals surface area (Å²) in [6, 6.07) is 14.7. The van der Waals surface area contributed by atoms with Gasteiger partial charge in [0.15, 0.2) is 6.61 Å². The molecule has 4 rings (SSSR count).